The van der Waals surface area contributed by atoms with Gasteiger partial charge in [-0.3, -0.25) is 0 Å². The highest BCUT2D eigenvalue weighted by Crippen LogP contribution is 2.08. The lowest BCUT2D eigenvalue weighted by molar-refractivity contribution is 0.248. The van der Waals surface area contributed by atoms with Gasteiger partial charge in [-0.2, -0.15) is 0 Å². The van der Waals surface area contributed by atoms with Gasteiger partial charge in [0.05, 0.1) is 0 Å². The van der Waals surface area contributed by atoms with Crippen molar-refractivity contribution in [2.24, 2.45) is 5.73 Å². The SMILES string of the molecule is CC(C)N(C)CCCNC(=O)Nc1ccc(CN)cc1. The summed E-state index contributed by atoms with van der Waals surface area (Å²) < 4.78 is 0. The van der Waals surface area contributed by atoms with E-state index in [0.29, 0.717) is 19.1 Å². The number of nitrogens with one attached hydrogen (secondary N) is 2. The molecule has 0 fully saturated rings. The fraction of sp³-hybridized carbons (Fsp3) is 0.533. The van der Waals surface area contributed by atoms with Crippen LogP contribution >= 0.6 is 0 Å². The molecule has 5 heteroatoms. The first-order valence-corrected chi connectivity index (χ1v) is 7.07. The summed E-state index contributed by atoms with van der Waals surface area (Å²) in [6.07, 6.45) is 0.939. The molecular weight excluding hydrogens is 252 g/mol. The topological polar surface area (TPSA) is 70.4 Å². The van der Waals surface area contributed by atoms with Crippen LogP contribution in [0.1, 0.15) is 25.8 Å². The highest BCUT2D eigenvalue weighted by molar-refractivity contribution is 5.89. The first-order valence-electron chi connectivity index (χ1n) is 7.07. The minimum Gasteiger partial charge on any atom is -0.338 e. The van der Waals surface area contributed by atoms with E-state index >= 15 is 0 Å². The second-order valence-corrected chi connectivity index (χ2v) is 5.21. The van der Waals surface area contributed by atoms with Crippen LogP contribution in [0, 0.1) is 0 Å². The maximum absolute atomic E-state index is 11.7. The quantitative estimate of drug-likeness (QED) is 0.668. The van der Waals surface area contributed by atoms with Gasteiger partial charge in [-0.15, -0.1) is 0 Å². The van der Waals surface area contributed by atoms with E-state index in [1.807, 2.05) is 24.3 Å². The van der Waals surface area contributed by atoms with Gasteiger partial charge in [0, 0.05) is 24.8 Å². The molecule has 112 valence electrons. The minimum absolute atomic E-state index is 0.169. The Morgan fingerprint density at radius 1 is 1.30 bits per heavy atom. The summed E-state index contributed by atoms with van der Waals surface area (Å²) in [5.74, 6) is 0. The Morgan fingerprint density at radius 2 is 1.95 bits per heavy atom. The molecule has 4 N–H and O–H groups in total. The zero-order valence-electron chi connectivity index (χ0n) is 12.6. The molecule has 0 aromatic heterocycles. The molecule has 1 aromatic carbocycles. The predicted octanol–water partition coefficient (Wildman–Crippen LogP) is 2.00. The van der Waals surface area contributed by atoms with Crippen molar-refractivity contribution in [3.63, 3.8) is 0 Å². The molecule has 1 rings (SSSR count). The third-order valence-electron chi connectivity index (χ3n) is 3.30. The number of hydrogen-bond donors (Lipinski definition) is 3. The Hall–Kier alpha value is -1.59. The average molecular weight is 278 g/mol. The number of nitrogens with zero attached hydrogens (tertiary/aromatic N) is 1. The Morgan fingerprint density at radius 3 is 2.50 bits per heavy atom. The number of carbonyl (C=O) groups excluding carboxylic acids is 1. The molecule has 0 radical (unpaired) electrons. The lowest BCUT2D eigenvalue weighted by atomic mass is 10.2. The van der Waals surface area contributed by atoms with E-state index in [-0.39, 0.29) is 6.03 Å². The van der Waals surface area contributed by atoms with Crippen molar-refractivity contribution in [2.45, 2.75) is 32.9 Å². The van der Waals surface area contributed by atoms with Crippen LogP contribution in [-0.2, 0) is 6.54 Å². The van der Waals surface area contributed by atoms with Crippen molar-refractivity contribution in [1.82, 2.24) is 10.2 Å². The molecular formula is C15H26N4O. The van der Waals surface area contributed by atoms with Gasteiger partial charge in [-0.25, -0.2) is 4.79 Å². The summed E-state index contributed by atoms with van der Waals surface area (Å²) in [4.78, 5) is 13.9. The Labute approximate surface area is 121 Å². The van der Waals surface area contributed by atoms with Gasteiger partial charge < -0.3 is 21.3 Å². The molecule has 5 nitrogen and oxygen atoms in total. The molecule has 0 saturated carbocycles. The van der Waals surface area contributed by atoms with Gasteiger partial charge in [0.25, 0.3) is 0 Å². The molecule has 0 aliphatic rings. The highest BCUT2D eigenvalue weighted by Gasteiger charge is 2.04. The monoisotopic (exact) mass is 278 g/mol. The average Bonchev–Trinajstić information content (AvgIpc) is 2.44. The van der Waals surface area contributed by atoms with Gasteiger partial charge in [-0.05, 0) is 51.6 Å². The van der Waals surface area contributed by atoms with Gasteiger partial charge in [0.2, 0.25) is 0 Å². The van der Waals surface area contributed by atoms with Crippen molar-refractivity contribution in [3.05, 3.63) is 29.8 Å². The zero-order valence-corrected chi connectivity index (χ0v) is 12.6. The van der Waals surface area contributed by atoms with Crippen LogP contribution in [-0.4, -0.2) is 37.1 Å². The predicted molar refractivity (Wildman–Crippen MR) is 83.7 cm³/mol. The van der Waals surface area contributed by atoms with Crippen LogP contribution in [0.25, 0.3) is 0 Å². The fourth-order valence-corrected chi connectivity index (χ4v) is 1.69. The third-order valence-corrected chi connectivity index (χ3v) is 3.30. The van der Waals surface area contributed by atoms with E-state index in [1.54, 1.807) is 0 Å². The summed E-state index contributed by atoms with van der Waals surface area (Å²) >= 11 is 0. The largest absolute Gasteiger partial charge is 0.338 e. The lowest BCUT2D eigenvalue weighted by Gasteiger charge is -2.20. The second-order valence-electron chi connectivity index (χ2n) is 5.21. The van der Waals surface area contributed by atoms with Crippen molar-refractivity contribution in [1.29, 1.82) is 0 Å². The molecule has 0 heterocycles. The number of amides is 2. The summed E-state index contributed by atoms with van der Waals surface area (Å²) in [6, 6.07) is 7.89. The van der Waals surface area contributed by atoms with E-state index in [4.69, 9.17) is 5.73 Å². The summed E-state index contributed by atoms with van der Waals surface area (Å²) in [6.45, 7) is 6.47. The molecule has 0 atom stereocenters. The number of rotatable bonds is 7. The van der Waals surface area contributed by atoms with E-state index in [2.05, 4.69) is 36.4 Å². The van der Waals surface area contributed by atoms with Crippen molar-refractivity contribution in [3.8, 4) is 0 Å². The van der Waals surface area contributed by atoms with Gasteiger partial charge in [0.15, 0.2) is 0 Å². The smallest absolute Gasteiger partial charge is 0.319 e. The van der Waals surface area contributed by atoms with Crippen LogP contribution in [0.4, 0.5) is 10.5 Å². The number of benzene rings is 1. The van der Waals surface area contributed by atoms with E-state index in [9.17, 15) is 4.79 Å². The van der Waals surface area contributed by atoms with Crippen LogP contribution in [0.5, 0.6) is 0 Å². The first kappa shape index (κ1) is 16.5. The number of anilines is 1. The highest BCUT2D eigenvalue weighted by atomic mass is 16.2. The van der Waals surface area contributed by atoms with Gasteiger partial charge >= 0.3 is 6.03 Å². The first-order chi connectivity index (χ1) is 9.52. The Balaban J connectivity index is 2.23. The van der Waals surface area contributed by atoms with E-state index in [0.717, 1.165) is 24.2 Å². The van der Waals surface area contributed by atoms with Crippen LogP contribution in [0.15, 0.2) is 24.3 Å². The van der Waals surface area contributed by atoms with E-state index < -0.39 is 0 Å². The second kappa shape index (κ2) is 8.55. The number of hydrogen-bond acceptors (Lipinski definition) is 3. The molecule has 1 aromatic rings. The van der Waals surface area contributed by atoms with Crippen LogP contribution in [0.3, 0.4) is 0 Å². The van der Waals surface area contributed by atoms with E-state index in [1.165, 1.54) is 0 Å². The van der Waals surface area contributed by atoms with Gasteiger partial charge in [0.1, 0.15) is 0 Å². The molecule has 0 bridgehead atoms. The number of urea groups is 1. The van der Waals surface area contributed by atoms with Crippen LogP contribution in [0.2, 0.25) is 0 Å². The minimum atomic E-state index is -0.169. The normalized spacial score (nSPS) is 10.9. The molecule has 20 heavy (non-hydrogen) atoms. The van der Waals surface area contributed by atoms with Crippen molar-refractivity contribution >= 4 is 11.7 Å². The number of carbonyl (C=O) groups is 1. The molecule has 0 unspecified atom stereocenters. The number of nitrogens with two attached hydrogens (primary N) is 1. The van der Waals surface area contributed by atoms with Crippen LogP contribution < -0.4 is 16.4 Å². The summed E-state index contributed by atoms with van der Waals surface area (Å²) in [5.41, 5.74) is 7.35. The summed E-state index contributed by atoms with van der Waals surface area (Å²) in [5, 5.41) is 5.65. The third kappa shape index (κ3) is 6.04. The lowest BCUT2D eigenvalue weighted by Crippen LogP contribution is -2.33. The standard InChI is InChI=1S/C15H26N4O/c1-12(2)19(3)10-4-9-17-15(20)18-14-7-5-13(11-16)6-8-14/h5-8,12H,4,9-11,16H2,1-3H3,(H2,17,18,20). The Kier molecular flexibility index (Phi) is 7.04. The Bertz CT molecular complexity index is 403. The molecule has 0 spiro atoms. The summed E-state index contributed by atoms with van der Waals surface area (Å²) in [7, 11) is 2.09. The molecule has 2 amide bonds. The molecule has 0 aliphatic heterocycles. The zero-order chi connectivity index (χ0) is 15.0. The van der Waals surface area contributed by atoms with Crippen molar-refractivity contribution in [2.75, 3.05) is 25.5 Å². The fourth-order valence-electron chi connectivity index (χ4n) is 1.69. The van der Waals surface area contributed by atoms with Crippen molar-refractivity contribution < 1.29 is 4.79 Å². The maximum atomic E-state index is 11.7. The molecule has 0 aliphatic carbocycles. The molecule has 0 saturated heterocycles. The van der Waals surface area contributed by atoms with Gasteiger partial charge in [-0.1, -0.05) is 12.1 Å². The maximum Gasteiger partial charge on any atom is 0.319 e.